The van der Waals surface area contributed by atoms with Crippen LogP contribution in [0.1, 0.15) is 58.2 Å². The normalized spacial score (nSPS) is 25.3. The fourth-order valence-electron chi connectivity index (χ4n) is 2.36. The van der Waals surface area contributed by atoms with Crippen LogP contribution >= 0.6 is 23.2 Å². The smallest absolute Gasteiger partial charge is 0.229 e. The summed E-state index contributed by atoms with van der Waals surface area (Å²) in [5, 5.41) is 3.00. The Balaban J connectivity index is 2.04. The van der Waals surface area contributed by atoms with Gasteiger partial charge in [0.1, 0.15) is 4.33 Å². The van der Waals surface area contributed by atoms with Crippen LogP contribution in [0.3, 0.4) is 0 Å². The molecule has 1 aliphatic rings. The highest BCUT2D eigenvalue weighted by Gasteiger charge is 2.67. The lowest BCUT2D eigenvalue weighted by Gasteiger charge is -2.22. The molecule has 1 amide bonds. The second-order valence-electron chi connectivity index (χ2n) is 7.28. The van der Waals surface area contributed by atoms with Gasteiger partial charge < -0.3 is 5.32 Å². The second-order valence-corrected chi connectivity index (χ2v) is 8.76. The molecule has 4 heteroatoms. The maximum absolute atomic E-state index is 12.3. The SMILES string of the molecule is C[C@@H](NC(=O)[C@@]1(C)CC1(Cl)Cl)c1ccc(C(C)(C)C)cc1. The predicted molar refractivity (Wildman–Crippen MR) is 88.9 cm³/mol. The Morgan fingerprint density at radius 3 is 2.10 bits per heavy atom. The first kappa shape index (κ1) is 16.6. The summed E-state index contributed by atoms with van der Waals surface area (Å²) in [7, 11) is 0. The van der Waals surface area contributed by atoms with Crippen molar-refractivity contribution >= 4 is 29.1 Å². The number of halogens is 2. The van der Waals surface area contributed by atoms with Crippen molar-refractivity contribution in [2.24, 2.45) is 5.41 Å². The van der Waals surface area contributed by atoms with Gasteiger partial charge in [0.05, 0.1) is 11.5 Å². The summed E-state index contributed by atoms with van der Waals surface area (Å²) in [4.78, 5) is 12.3. The van der Waals surface area contributed by atoms with Gasteiger partial charge in [0, 0.05) is 0 Å². The third-order valence-electron chi connectivity index (χ3n) is 4.38. The number of hydrogen-bond donors (Lipinski definition) is 1. The van der Waals surface area contributed by atoms with Gasteiger partial charge in [-0.1, -0.05) is 45.0 Å². The molecule has 2 rings (SSSR count). The molecular weight excluding hydrogens is 305 g/mol. The van der Waals surface area contributed by atoms with Crippen LogP contribution in [-0.2, 0) is 10.2 Å². The molecule has 1 aromatic carbocycles. The fourth-order valence-corrected chi connectivity index (χ4v) is 3.06. The minimum Gasteiger partial charge on any atom is -0.349 e. The molecule has 1 aromatic rings. The molecule has 2 atom stereocenters. The molecule has 1 saturated carbocycles. The van der Waals surface area contributed by atoms with E-state index in [2.05, 4.69) is 50.4 Å². The van der Waals surface area contributed by atoms with Crippen LogP contribution in [-0.4, -0.2) is 10.2 Å². The van der Waals surface area contributed by atoms with E-state index in [1.54, 1.807) is 6.92 Å². The lowest BCUT2D eigenvalue weighted by atomic mass is 9.86. The number of carbonyl (C=O) groups is 1. The maximum atomic E-state index is 12.3. The van der Waals surface area contributed by atoms with Gasteiger partial charge in [-0.15, -0.1) is 23.2 Å². The van der Waals surface area contributed by atoms with Crippen molar-refractivity contribution < 1.29 is 4.79 Å². The van der Waals surface area contributed by atoms with Crippen LogP contribution < -0.4 is 5.32 Å². The number of benzene rings is 1. The number of carbonyl (C=O) groups excluding carboxylic acids is 1. The molecule has 0 heterocycles. The molecule has 2 nitrogen and oxygen atoms in total. The van der Waals surface area contributed by atoms with Crippen molar-refractivity contribution in [3.8, 4) is 0 Å². The van der Waals surface area contributed by atoms with E-state index in [0.717, 1.165) is 5.56 Å². The van der Waals surface area contributed by atoms with Crippen LogP contribution in [0, 0.1) is 5.41 Å². The fraction of sp³-hybridized carbons (Fsp3) is 0.588. The van der Waals surface area contributed by atoms with Crippen molar-refractivity contribution in [3.63, 3.8) is 0 Å². The highest BCUT2D eigenvalue weighted by Crippen LogP contribution is 2.63. The molecule has 0 radical (unpaired) electrons. The maximum Gasteiger partial charge on any atom is 0.229 e. The predicted octanol–water partition coefficient (Wildman–Crippen LogP) is 4.75. The zero-order valence-corrected chi connectivity index (χ0v) is 14.8. The number of nitrogens with one attached hydrogen (secondary N) is 1. The van der Waals surface area contributed by atoms with Gasteiger partial charge in [0.25, 0.3) is 0 Å². The topological polar surface area (TPSA) is 29.1 Å². The number of alkyl halides is 2. The van der Waals surface area contributed by atoms with E-state index in [1.807, 2.05) is 6.92 Å². The summed E-state index contributed by atoms with van der Waals surface area (Å²) in [6.07, 6.45) is 0.505. The summed E-state index contributed by atoms with van der Waals surface area (Å²) in [6, 6.07) is 8.30. The Morgan fingerprint density at radius 1 is 1.24 bits per heavy atom. The van der Waals surface area contributed by atoms with Crippen molar-refractivity contribution in [1.82, 2.24) is 5.32 Å². The van der Waals surface area contributed by atoms with Gasteiger partial charge in [-0.05, 0) is 36.8 Å². The van der Waals surface area contributed by atoms with Gasteiger partial charge in [-0.25, -0.2) is 0 Å². The quantitative estimate of drug-likeness (QED) is 0.798. The molecule has 1 N–H and O–H groups in total. The molecule has 0 unspecified atom stereocenters. The standard InChI is InChI=1S/C17H23Cl2NO/c1-11(20-14(21)16(5)10-17(16,18)19)12-6-8-13(9-7-12)15(2,3)4/h6-9,11H,10H2,1-5H3,(H,20,21)/t11-,16-/m1/s1. The Kier molecular flexibility index (Phi) is 4.10. The first-order valence-electron chi connectivity index (χ1n) is 7.27. The minimum absolute atomic E-state index is 0.0620. The largest absolute Gasteiger partial charge is 0.349 e. The Labute approximate surface area is 137 Å². The average molecular weight is 328 g/mol. The third kappa shape index (κ3) is 3.22. The molecule has 0 saturated heterocycles. The van der Waals surface area contributed by atoms with Gasteiger partial charge in [-0.3, -0.25) is 4.79 Å². The monoisotopic (exact) mass is 327 g/mol. The van der Waals surface area contributed by atoms with E-state index in [4.69, 9.17) is 23.2 Å². The zero-order chi connectivity index (χ0) is 16.1. The van der Waals surface area contributed by atoms with Crippen molar-refractivity contribution in [3.05, 3.63) is 35.4 Å². The molecule has 21 heavy (non-hydrogen) atoms. The van der Waals surface area contributed by atoms with E-state index in [9.17, 15) is 4.79 Å². The van der Waals surface area contributed by atoms with Crippen molar-refractivity contribution in [2.45, 2.75) is 56.8 Å². The summed E-state index contributed by atoms with van der Waals surface area (Å²) in [5.41, 5.74) is 1.81. The molecule has 0 aliphatic heterocycles. The van der Waals surface area contributed by atoms with E-state index < -0.39 is 9.75 Å². The molecule has 1 aliphatic carbocycles. The van der Waals surface area contributed by atoms with Gasteiger partial charge in [-0.2, -0.15) is 0 Å². The summed E-state index contributed by atoms with van der Waals surface area (Å²) in [6.45, 7) is 10.3. The van der Waals surface area contributed by atoms with E-state index in [1.165, 1.54) is 5.56 Å². The van der Waals surface area contributed by atoms with Gasteiger partial charge >= 0.3 is 0 Å². The number of rotatable bonds is 3. The number of hydrogen-bond acceptors (Lipinski definition) is 1. The van der Waals surface area contributed by atoms with E-state index in [-0.39, 0.29) is 17.4 Å². The molecular formula is C17H23Cl2NO. The van der Waals surface area contributed by atoms with Gasteiger partial charge in [0.2, 0.25) is 5.91 Å². The summed E-state index contributed by atoms with van der Waals surface area (Å²) >= 11 is 12.1. The van der Waals surface area contributed by atoms with Gasteiger partial charge in [0.15, 0.2) is 0 Å². The zero-order valence-electron chi connectivity index (χ0n) is 13.3. The van der Waals surface area contributed by atoms with E-state index >= 15 is 0 Å². The van der Waals surface area contributed by atoms with E-state index in [0.29, 0.717) is 6.42 Å². The van der Waals surface area contributed by atoms with Crippen LogP contribution in [0.15, 0.2) is 24.3 Å². The number of amides is 1. The highest BCUT2D eigenvalue weighted by molar-refractivity contribution is 6.53. The van der Waals surface area contributed by atoms with Crippen LogP contribution in [0.5, 0.6) is 0 Å². The molecule has 1 fully saturated rings. The molecule has 0 aromatic heterocycles. The Bertz CT molecular complexity index is 545. The first-order valence-corrected chi connectivity index (χ1v) is 8.02. The first-order chi connectivity index (χ1) is 9.47. The average Bonchev–Trinajstić information content (AvgIpc) is 2.89. The molecule has 0 spiro atoms. The second kappa shape index (κ2) is 5.17. The van der Waals surface area contributed by atoms with Crippen LogP contribution in [0.2, 0.25) is 0 Å². The lowest BCUT2D eigenvalue weighted by Crippen LogP contribution is -2.35. The van der Waals surface area contributed by atoms with Crippen molar-refractivity contribution in [2.75, 3.05) is 0 Å². The minimum atomic E-state index is -0.924. The Morgan fingerprint density at radius 2 is 1.71 bits per heavy atom. The highest BCUT2D eigenvalue weighted by atomic mass is 35.5. The summed E-state index contributed by atoms with van der Waals surface area (Å²) in [5.74, 6) is -0.0834. The van der Waals surface area contributed by atoms with Crippen LogP contribution in [0.25, 0.3) is 0 Å². The third-order valence-corrected chi connectivity index (χ3v) is 5.48. The summed E-state index contributed by atoms with van der Waals surface area (Å²) < 4.78 is -0.924. The van der Waals surface area contributed by atoms with Crippen LogP contribution in [0.4, 0.5) is 0 Å². The molecule has 116 valence electrons. The van der Waals surface area contributed by atoms with Crippen molar-refractivity contribution in [1.29, 1.82) is 0 Å². The Hall–Kier alpha value is -0.730. The lowest BCUT2D eigenvalue weighted by molar-refractivity contribution is -0.126. The molecule has 0 bridgehead atoms.